The number of rotatable bonds is 8. The highest BCUT2D eigenvalue weighted by molar-refractivity contribution is 5.90. The van der Waals surface area contributed by atoms with E-state index in [1.807, 2.05) is 19.9 Å². The van der Waals surface area contributed by atoms with E-state index in [-0.39, 0.29) is 18.2 Å². The van der Waals surface area contributed by atoms with E-state index < -0.39 is 29.9 Å². The molecule has 0 aromatic carbocycles. The fraction of sp³-hybridized carbons (Fsp3) is 0.733. The quantitative estimate of drug-likeness (QED) is 0.643. The first-order chi connectivity index (χ1) is 10.2. The maximum atomic E-state index is 12.3. The molecule has 7 nitrogen and oxygen atoms in total. The van der Waals surface area contributed by atoms with E-state index in [0.29, 0.717) is 6.42 Å². The van der Waals surface area contributed by atoms with Gasteiger partial charge in [-0.1, -0.05) is 20.8 Å². The van der Waals surface area contributed by atoms with E-state index in [0.717, 1.165) is 0 Å². The van der Waals surface area contributed by atoms with E-state index in [4.69, 9.17) is 5.26 Å². The lowest BCUT2D eigenvalue weighted by molar-refractivity contribution is -0.146. The highest BCUT2D eigenvalue weighted by Gasteiger charge is 2.30. The lowest BCUT2D eigenvalue weighted by atomic mass is 9.97. The minimum absolute atomic E-state index is 0.106. The number of nitrogens with zero attached hydrogens (tertiary/aromatic N) is 1. The number of methoxy groups -OCH3 is 1. The van der Waals surface area contributed by atoms with Crippen molar-refractivity contribution < 1.29 is 19.1 Å². The summed E-state index contributed by atoms with van der Waals surface area (Å²) in [7, 11) is 1.22. The van der Waals surface area contributed by atoms with Gasteiger partial charge in [-0.15, -0.1) is 0 Å². The first-order valence-corrected chi connectivity index (χ1v) is 7.25. The molecule has 0 aliphatic rings. The van der Waals surface area contributed by atoms with Gasteiger partial charge in [-0.3, -0.25) is 9.59 Å². The first-order valence-electron chi connectivity index (χ1n) is 7.25. The molecule has 22 heavy (non-hydrogen) atoms. The van der Waals surface area contributed by atoms with Crippen LogP contribution in [0, 0.1) is 23.2 Å². The number of esters is 1. The lowest BCUT2D eigenvalue weighted by Gasteiger charge is -2.25. The Morgan fingerprint density at radius 2 is 1.77 bits per heavy atom. The van der Waals surface area contributed by atoms with Crippen molar-refractivity contribution in [1.29, 1.82) is 5.26 Å². The molecule has 0 aromatic rings. The summed E-state index contributed by atoms with van der Waals surface area (Å²) in [5.74, 6) is -1.58. The Kier molecular flexibility index (Phi) is 8.83. The van der Waals surface area contributed by atoms with Crippen molar-refractivity contribution in [3.05, 3.63) is 0 Å². The molecule has 0 radical (unpaired) electrons. The van der Waals surface area contributed by atoms with Crippen LogP contribution >= 0.6 is 0 Å². The molecule has 2 amide bonds. The van der Waals surface area contributed by atoms with Crippen LogP contribution in [0.4, 0.5) is 0 Å². The molecule has 0 aliphatic heterocycles. The summed E-state index contributed by atoms with van der Waals surface area (Å²) in [6.45, 7) is 6.87. The molecule has 0 aliphatic carbocycles. The first kappa shape index (κ1) is 19.9. The van der Waals surface area contributed by atoms with Crippen LogP contribution in [0.5, 0.6) is 0 Å². The highest BCUT2D eigenvalue weighted by atomic mass is 16.5. The van der Waals surface area contributed by atoms with Gasteiger partial charge >= 0.3 is 5.97 Å². The Balaban J connectivity index is 5.05. The smallest absolute Gasteiger partial charge is 0.328 e. The Labute approximate surface area is 131 Å². The Morgan fingerprint density at radius 3 is 2.18 bits per heavy atom. The summed E-state index contributed by atoms with van der Waals surface area (Å²) in [5, 5.41) is 13.9. The van der Waals surface area contributed by atoms with Gasteiger partial charge < -0.3 is 15.4 Å². The Hall–Kier alpha value is -2.10. The molecule has 0 heterocycles. The highest BCUT2D eigenvalue weighted by Crippen LogP contribution is 2.11. The van der Waals surface area contributed by atoms with Crippen molar-refractivity contribution in [2.75, 3.05) is 7.11 Å². The van der Waals surface area contributed by atoms with Crippen molar-refractivity contribution in [2.24, 2.45) is 11.8 Å². The molecule has 3 atom stereocenters. The minimum Gasteiger partial charge on any atom is -0.467 e. The predicted octanol–water partition coefficient (Wildman–Crippen LogP) is 0.745. The van der Waals surface area contributed by atoms with E-state index in [1.165, 1.54) is 14.0 Å². The standard InChI is InChI=1S/C15H25N3O4/c1-9(2)8-12(17-11(4)19)14(20)18-13(15(21)22-5)10(3)6-7-16/h9-10,12-13H,6,8H2,1-5H3,(H,17,19)(H,18,20)/t10-,12-,13+/m0/s1. The molecule has 0 spiro atoms. The number of carbonyl (C=O) groups excluding carboxylic acids is 3. The van der Waals surface area contributed by atoms with E-state index in [1.54, 1.807) is 6.92 Å². The number of carbonyl (C=O) groups is 3. The van der Waals surface area contributed by atoms with Crippen molar-refractivity contribution in [1.82, 2.24) is 10.6 Å². The number of nitrogens with one attached hydrogen (secondary N) is 2. The van der Waals surface area contributed by atoms with Crippen molar-refractivity contribution in [3.8, 4) is 6.07 Å². The third-order valence-electron chi connectivity index (χ3n) is 3.14. The summed E-state index contributed by atoms with van der Waals surface area (Å²) in [4.78, 5) is 35.4. The fourth-order valence-corrected chi connectivity index (χ4v) is 2.02. The molecule has 0 saturated carbocycles. The zero-order valence-electron chi connectivity index (χ0n) is 13.8. The summed E-state index contributed by atoms with van der Waals surface area (Å²) < 4.78 is 4.67. The summed E-state index contributed by atoms with van der Waals surface area (Å²) in [6.07, 6.45) is 0.557. The SMILES string of the molecule is COC(=O)[C@H](NC(=O)[C@H](CC(C)C)NC(C)=O)[C@@H](C)CC#N. The normalized spacial score (nSPS) is 14.4. The molecule has 0 fully saturated rings. The molecular weight excluding hydrogens is 286 g/mol. The van der Waals surface area contributed by atoms with Gasteiger partial charge in [0, 0.05) is 19.3 Å². The third-order valence-corrected chi connectivity index (χ3v) is 3.14. The van der Waals surface area contributed by atoms with Gasteiger partial charge in [0.15, 0.2) is 0 Å². The number of amides is 2. The minimum atomic E-state index is -0.916. The molecule has 0 unspecified atom stereocenters. The average molecular weight is 311 g/mol. The van der Waals surface area contributed by atoms with Crippen LogP contribution in [-0.4, -0.2) is 37.0 Å². The molecule has 7 heteroatoms. The van der Waals surface area contributed by atoms with Crippen molar-refractivity contribution in [2.45, 2.75) is 52.6 Å². The van der Waals surface area contributed by atoms with Gasteiger partial charge in [-0.2, -0.15) is 5.26 Å². The van der Waals surface area contributed by atoms with Crippen LogP contribution in [-0.2, 0) is 19.1 Å². The molecule has 0 saturated heterocycles. The van der Waals surface area contributed by atoms with Crippen LogP contribution in [0.15, 0.2) is 0 Å². The third kappa shape index (κ3) is 7.07. The fourth-order valence-electron chi connectivity index (χ4n) is 2.02. The van der Waals surface area contributed by atoms with E-state index >= 15 is 0 Å². The van der Waals surface area contributed by atoms with Crippen molar-refractivity contribution >= 4 is 17.8 Å². The average Bonchev–Trinajstić information content (AvgIpc) is 2.42. The number of hydrogen-bond donors (Lipinski definition) is 2. The van der Waals surface area contributed by atoms with Gasteiger partial charge in [0.2, 0.25) is 11.8 Å². The number of hydrogen-bond acceptors (Lipinski definition) is 5. The molecule has 124 valence electrons. The van der Waals surface area contributed by atoms with Crippen molar-refractivity contribution in [3.63, 3.8) is 0 Å². The summed E-state index contributed by atoms with van der Waals surface area (Å²) in [5.41, 5.74) is 0. The van der Waals surface area contributed by atoms with Gasteiger partial charge in [0.25, 0.3) is 0 Å². The van der Waals surface area contributed by atoms with Crippen LogP contribution in [0.3, 0.4) is 0 Å². The zero-order valence-corrected chi connectivity index (χ0v) is 13.8. The largest absolute Gasteiger partial charge is 0.467 e. The van der Waals surface area contributed by atoms with Gasteiger partial charge in [-0.25, -0.2) is 4.79 Å². The molecular formula is C15H25N3O4. The second kappa shape index (κ2) is 9.77. The second-order valence-electron chi connectivity index (χ2n) is 5.73. The van der Waals surface area contributed by atoms with E-state index in [2.05, 4.69) is 15.4 Å². The maximum Gasteiger partial charge on any atom is 0.328 e. The number of nitriles is 1. The lowest BCUT2D eigenvalue weighted by Crippen LogP contribution is -2.53. The molecule has 0 rings (SSSR count). The van der Waals surface area contributed by atoms with Crippen LogP contribution < -0.4 is 10.6 Å². The van der Waals surface area contributed by atoms with Gasteiger partial charge in [0.1, 0.15) is 12.1 Å². The van der Waals surface area contributed by atoms with Gasteiger partial charge in [0.05, 0.1) is 13.2 Å². The molecule has 2 N–H and O–H groups in total. The summed E-state index contributed by atoms with van der Waals surface area (Å²) >= 11 is 0. The number of ether oxygens (including phenoxy) is 1. The molecule has 0 aromatic heterocycles. The predicted molar refractivity (Wildman–Crippen MR) is 80.4 cm³/mol. The summed E-state index contributed by atoms with van der Waals surface area (Å²) in [6, 6.07) is 0.326. The monoisotopic (exact) mass is 311 g/mol. The second-order valence-corrected chi connectivity index (χ2v) is 5.73. The topological polar surface area (TPSA) is 108 Å². The maximum absolute atomic E-state index is 12.3. The van der Waals surface area contributed by atoms with Crippen LogP contribution in [0.1, 0.15) is 40.5 Å². The van der Waals surface area contributed by atoms with E-state index in [9.17, 15) is 14.4 Å². The van der Waals surface area contributed by atoms with Crippen LogP contribution in [0.25, 0.3) is 0 Å². The van der Waals surface area contributed by atoms with Crippen LogP contribution in [0.2, 0.25) is 0 Å². The zero-order chi connectivity index (χ0) is 17.3. The Morgan fingerprint density at radius 1 is 1.18 bits per heavy atom. The Bertz CT molecular complexity index is 443. The van der Waals surface area contributed by atoms with Gasteiger partial charge in [-0.05, 0) is 12.3 Å². The molecule has 0 bridgehead atoms.